The van der Waals surface area contributed by atoms with E-state index in [1.165, 1.54) is 6.26 Å². The molecule has 1 aliphatic carbocycles. The third-order valence-electron chi connectivity index (χ3n) is 2.73. The van der Waals surface area contributed by atoms with Gasteiger partial charge in [0.05, 0.1) is 4.75 Å². The Labute approximate surface area is 80.3 Å². The summed E-state index contributed by atoms with van der Waals surface area (Å²) in [6.45, 7) is 3.90. The molecule has 1 unspecified atom stereocenters. The Morgan fingerprint density at radius 2 is 1.92 bits per heavy atom. The van der Waals surface area contributed by atoms with Crippen LogP contribution in [-0.4, -0.2) is 19.4 Å². The second-order valence-corrected chi connectivity index (χ2v) is 6.18. The number of rotatable bonds is 2. The molecule has 13 heavy (non-hydrogen) atoms. The summed E-state index contributed by atoms with van der Waals surface area (Å²) in [7, 11) is -3.02. The Morgan fingerprint density at radius 3 is 2.15 bits per heavy atom. The summed E-state index contributed by atoms with van der Waals surface area (Å²) in [4.78, 5) is 0. The Balaban J connectivity index is 3.19. The molecule has 0 bridgehead atoms. The zero-order chi connectivity index (χ0) is 10.1. The summed E-state index contributed by atoms with van der Waals surface area (Å²) in [6.07, 6.45) is 9.36. The van der Waals surface area contributed by atoms with Crippen LogP contribution < -0.4 is 0 Å². The monoisotopic (exact) mass is 200 g/mol. The average Bonchev–Trinajstić information content (AvgIpc) is 2.03. The van der Waals surface area contributed by atoms with Crippen LogP contribution in [0.1, 0.15) is 20.3 Å². The van der Waals surface area contributed by atoms with Gasteiger partial charge in [0.15, 0.2) is 9.84 Å². The number of hydrogen-bond donors (Lipinski definition) is 0. The van der Waals surface area contributed by atoms with Crippen molar-refractivity contribution in [3.05, 3.63) is 24.3 Å². The van der Waals surface area contributed by atoms with E-state index in [0.29, 0.717) is 6.42 Å². The highest BCUT2D eigenvalue weighted by atomic mass is 32.2. The van der Waals surface area contributed by atoms with Crippen LogP contribution in [0, 0.1) is 5.92 Å². The molecule has 3 heteroatoms. The molecule has 0 saturated carbocycles. The first kappa shape index (κ1) is 10.5. The van der Waals surface area contributed by atoms with E-state index >= 15 is 0 Å². The molecular formula is C10H16O2S. The summed E-state index contributed by atoms with van der Waals surface area (Å²) in [5.74, 6) is 0.115. The zero-order valence-corrected chi connectivity index (χ0v) is 9.14. The van der Waals surface area contributed by atoms with Gasteiger partial charge in [0.25, 0.3) is 0 Å². The van der Waals surface area contributed by atoms with Gasteiger partial charge in [-0.1, -0.05) is 38.2 Å². The molecule has 2 nitrogen and oxygen atoms in total. The molecule has 0 N–H and O–H groups in total. The molecule has 0 aromatic carbocycles. The third-order valence-corrected chi connectivity index (χ3v) is 4.88. The Bertz CT molecular complexity index is 336. The molecule has 0 saturated heterocycles. The van der Waals surface area contributed by atoms with E-state index < -0.39 is 14.6 Å². The van der Waals surface area contributed by atoms with Gasteiger partial charge in [-0.25, -0.2) is 8.42 Å². The molecule has 1 atom stereocenters. The van der Waals surface area contributed by atoms with Crippen molar-refractivity contribution in [2.45, 2.75) is 25.0 Å². The fourth-order valence-corrected chi connectivity index (χ4v) is 3.33. The van der Waals surface area contributed by atoms with Crippen LogP contribution in [0.4, 0.5) is 0 Å². The molecule has 74 valence electrons. The first-order valence-corrected chi connectivity index (χ1v) is 6.33. The van der Waals surface area contributed by atoms with Gasteiger partial charge in [0.2, 0.25) is 0 Å². The first-order valence-electron chi connectivity index (χ1n) is 4.44. The van der Waals surface area contributed by atoms with Crippen molar-refractivity contribution in [3.63, 3.8) is 0 Å². The lowest BCUT2D eigenvalue weighted by atomic mass is 9.88. The summed E-state index contributed by atoms with van der Waals surface area (Å²) >= 11 is 0. The molecule has 0 fully saturated rings. The van der Waals surface area contributed by atoms with E-state index in [0.717, 1.165) is 0 Å². The highest BCUT2D eigenvalue weighted by molar-refractivity contribution is 7.92. The summed E-state index contributed by atoms with van der Waals surface area (Å²) < 4.78 is 22.7. The maximum atomic E-state index is 11.7. The van der Waals surface area contributed by atoms with Gasteiger partial charge >= 0.3 is 0 Å². The SMILES string of the molecule is CC(C)C1(S(C)(=O)=O)C=CC=CC1. The average molecular weight is 200 g/mol. The molecule has 0 heterocycles. The minimum atomic E-state index is -3.02. The molecular weight excluding hydrogens is 184 g/mol. The van der Waals surface area contributed by atoms with Gasteiger partial charge in [-0.3, -0.25) is 0 Å². The van der Waals surface area contributed by atoms with E-state index in [9.17, 15) is 8.42 Å². The van der Waals surface area contributed by atoms with Crippen LogP contribution >= 0.6 is 0 Å². The molecule has 0 aliphatic heterocycles. The summed E-state index contributed by atoms with van der Waals surface area (Å²) in [6, 6.07) is 0. The molecule has 1 aliphatic rings. The molecule has 0 aromatic rings. The second-order valence-electron chi connectivity index (χ2n) is 3.87. The van der Waals surface area contributed by atoms with Crippen LogP contribution in [0.5, 0.6) is 0 Å². The highest BCUT2D eigenvalue weighted by Gasteiger charge is 2.40. The molecule has 0 radical (unpaired) electrons. The van der Waals surface area contributed by atoms with E-state index in [-0.39, 0.29) is 5.92 Å². The van der Waals surface area contributed by atoms with Crippen molar-refractivity contribution in [1.29, 1.82) is 0 Å². The fraction of sp³-hybridized carbons (Fsp3) is 0.600. The van der Waals surface area contributed by atoms with Crippen molar-refractivity contribution >= 4 is 9.84 Å². The van der Waals surface area contributed by atoms with Crippen LogP contribution in [0.2, 0.25) is 0 Å². The maximum absolute atomic E-state index is 11.7. The van der Waals surface area contributed by atoms with Crippen molar-refractivity contribution in [2.75, 3.05) is 6.26 Å². The van der Waals surface area contributed by atoms with Crippen LogP contribution in [0.15, 0.2) is 24.3 Å². The van der Waals surface area contributed by atoms with Gasteiger partial charge in [-0.05, 0) is 12.3 Å². The standard InChI is InChI=1S/C10H16O2S/c1-9(2)10(13(3,11)12)7-5-4-6-8-10/h4-7,9H,8H2,1-3H3. The molecule has 0 amide bonds. The van der Waals surface area contributed by atoms with E-state index in [2.05, 4.69) is 0 Å². The minimum absolute atomic E-state index is 0.115. The summed E-state index contributed by atoms with van der Waals surface area (Å²) in [5, 5.41) is 0. The number of sulfone groups is 1. The van der Waals surface area contributed by atoms with Crippen molar-refractivity contribution < 1.29 is 8.42 Å². The lowest BCUT2D eigenvalue weighted by molar-refractivity contribution is 0.465. The predicted molar refractivity (Wildman–Crippen MR) is 55.3 cm³/mol. The van der Waals surface area contributed by atoms with Gasteiger partial charge < -0.3 is 0 Å². The predicted octanol–water partition coefficient (Wildman–Crippen LogP) is 1.94. The quantitative estimate of drug-likeness (QED) is 0.682. The number of hydrogen-bond acceptors (Lipinski definition) is 2. The van der Waals surface area contributed by atoms with Crippen LogP contribution in [-0.2, 0) is 9.84 Å². The highest BCUT2D eigenvalue weighted by Crippen LogP contribution is 2.34. The molecule has 0 aromatic heterocycles. The lowest BCUT2D eigenvalue weighted by Crippen LogP contribution is -2.41. The minimum Gasteiger partial charge on any atom is -0.228 e. The first-order chi connectivity index (χ1) is 5.90. The maximum Gasteiger partial charge on any atom is 0.157 e. The number of allylic oxidation sites excluding steroid dienone is 3. The third kappa shape index (κ3) is 1.70. The van der Waals surface area contributed by atoms with Gasteiger partial charge in [-0.2, -0.15) is 0 Å². The van der Waals surface area contributed by atoms with Crippen LogP contribution in [0.25, 0.3) is 0 Å². The van der Waals surface area contributed by atoms with Gasteiger partial charge in [0.1, 0.15) is 0 Å². The van der Waals surface area contributed by atoms with Gasteiger partial charge in [0, 0.05) is 6.26 Å². The van der Waals surface area contributed by atoms with E-state index in [1.807, 2.05) is 38.2 Å². The second kappa shape index (κ2) is 3.29. The van der Waals surface area contributed by atoms with Crippen molar-refractivity contribution in [1.82, 2.24) is 0 Å². The normalized spacial score (nSPS) is 28.3. The Kier molecular flexibility index (Phi) is 2.66. The fourth-order valence-electron chi connectivity index (χ4n) is 1.75. The summed E-state index contributed by atoms with van der Waals surface area (Å²) in [5.41, 5.74) is 0. The van der Waals surface area contributed by atoms with Crippen LogP contribution in [0.3, 0.4) is 0 Å². The lowest BCUT2D eigenvalue weighted by Gasteiger charge is -2.33. The smallest absolute Gasteiger partial charge is 0.157 e. The zero-order valence-electron chi connectivity index (χ0n) is 8.32. The molecule has 0 spiro atoms. The van der Waals surface area contributed by atoms with Gasteiger partial charge in [-0.15, -0.1) is 0 Å². The topological polar surface area (TPSA) is 34.1 Å². The van der Waals surface area contributed by atoms with Crippen molar-refractivity contribution in [2.24, 2.45) is 5.92 Å². The Morgan fingerprint density at radius 1 is 1.31 bits per heavy atom. The van der Waals surface area contributed by atoms with Crippen molar-refractivity contribution in [3.8, 4) is 0 Å². The van der Waals surface area contributed by atoms with E-state index in [4.69, 9.17) is 0 Å². The largest absolute Gasteiger partial charge is 0.228 e. The van der Waals surface area contributed by atoms with E-state index in [1.54, 1.807) is 0 Å². The Hall–Kier alpha value is -0.570. The molecule has 1 rings (SSSR count).